The maximum absolute atomic E-state index is 14.3. The second-order valence-corrected chi connectivity index (χ2v) is 22.3. The molecule has 396 valence electrons. The number of hydrogen-bond acceptors (Lipinski definition) is 14. The van der Waals surface area contributed by atoms with E-state index >= 15 is 0 Å². The molecule has 1 aliphatic carbocycles. The van der Waals surface area contributed by atoms with Crippen LogP contribution in [0.25, 0.3) is 31.8 Å². The monoisotopic (exact) mass is 1060 g/mol. The van der Waals surface area contributed by atoms with Gasteiger partial charge in [-0.1, -0.05) is 88.1 Å². The minimum absolute atomic E-state index is 0.0335. The van der Waals surface area contributed by atoms with Crippen molar-refractivity contribution in [2.24, 2.45) is 5.41 Å². The summed E-state index contributed by atoms with van der Waals surface area (Å²) in [6, 6.07) is 17.0. The number of amides is 5. The summed E-state index contributed by atoms with van der Waals surface area (Å²) in [4.78, 5) is 87.6. The van der Waals surface area contributed by atoms with Gasteiger partial charge in [0.25, 0.3) is 5.91 Å². The molecule has 6 aromatic rings. The van der Waals surface area contributed by atoms with Crippen molar-refractivity contribution in [1.82, 2.24) is 35.5 Å². The summed E-state index contributed by atoms with van der Waals surface area (Å²) in [5, 5.41) is 22.9. The minimum Gasteiger partial charge on any atom is -0.491 e. The van der Waals surface area contributed by atoms with Crippen LogP contribution in [0, 0.1) is 19.3 Å². The summed E-state index contributed by atoms with van der Waals surface area (Å²) in [5.74, 6) is -1.28. The number of β-amino-alcohol motifs (C(OH)–C–C–N with tert-alkyl or cyclic N) is 1. The van der Waals surface area contributed by atoms with Crippen LogP contribution in [0.15, 0.2) is 78.6 Å². The van der Waals surface area contributed by atoms with Gasteiger partial charge in [-0.3, -0.25) is 29.5 Å². The Balaban J connectivity index is 0.757. The highest BCUT2D eigenvalue weighted by molar-refractivity contribution is 7.22. The number of fused-ring (bicyclic) bond motifs is 1. The summed E-state index contributed by atoms with van der Waals surface area (Å²) in [7, 11) is 0. The van der Waals surface area contributed by atoms with Crippen LogP contribution < -0.4 is 26.0 Å². The molecule has 5 amide bonds. The normalized spacial score (nSPS) is 16.3. The third-order valence-electron chi connectivity index (χ3n) is 13.6. The molecule has 0 bridgehead atoms. The van der Waals surface area contributed by atoms with E-state index in [9.17, 15) is 29.1 Å². The van der Waals surface area contributed by atoms with Crippen molar-refractivity contribution in [3.63, 3.8) is 0 Å². The predicted molar refractivity (Wildman–Crippen MR) is 292 cm³/mol. The summed E-state index contributed by atoms with van der Waals surface area (Å²) < 4.78 is 12.6. The molecule has 5 N–H and O–H groups in total. The Morgan fingerprint density at radius 1 is 0.853 bits per heavy atom. The Kier molecular flexibility index (Phi) is 18.2. The van der Waals surface area contributed by atoms with Crippen LogP contribution in [-0.4, -0.2) is 97.1 Å². The second kappa shape index (κ2) is 25.1. The lowest BCUT2D eigenvalue weighted by atomic mass is 9.85. The van der Waals surface area contributed by atoms with E-state index in [0.29, 0.717) is 42.4 Å². The maximum Gasteiger partial charge on any atom is 0.411 e. The van der Waals surface area contributed by atoms with E-state index < -0.39 is 41.5 Å². The van der Waals surface area contributed by atoms with Crippen LogP contribution >= 0.6 is 22.7 Å². The number of anilines is 2. The average Bonchev–Trinajstić information content (AvgIpc) is 4.13. The SMILES string of the molecule is Cc1ncc(-c2ccc3nc(NC(=O)CCCCCCCOc4cccnc4C(=O)N[C@H](C(=O)N4C[C@H](O)C[C@H]4C(=O)NCc4ccc(-c5scnc5C)cc4)C(C)(C)C)sc3c2)cc1NC(=O)OC1CCCCC1. The molecule has 0 radical (unpaired) electrons. The van der Waals surface area contributed by atoms with Crippen LogP contribution in [0.1, 0.15) is 125 Å². The first kappa shape index (κ1) is 54.4. The molecule has 0 unspecified atom stereocenters. The third kappa shape index (κ3) is 14.5. The van der Waals surface area contributed by atoms with Crippen LogP contribution in [0.2, 0.25) is 0 Å². The number of unbranched alkanes of at least 4 members (excludes halogenated alkanes) is 4. The Morgan fingerprint density at radius 2 is 1.61 bits per heavy atom. The Bertz CT molecular complexity index is 2970. The van der Waals surface area contributed by atoms with Gasteiger partial charge >= 0.3 is 6.09 Å². The highest BCUT2D eigenvalue weighted by Crippen LogP contribution is 2.33. The van der Waals surface area contributed by atoms with E-state index in [1.807, 2.05) is 88.7 Å². The van der Waals surface area contributed by atoms with Crippen LogP contribution in [0.3, 0.4) is 0 Å². The molecule has 8 rings (SSSR count). The molecule has 3 atom stereocenters. The van der Waals surface area contributed by atoms with Gasteiger partial charge in [-0.2, -0.15) is 0 Å². The van der Waals surface area contributed by atoms with Crippen molar-refractivity contribution in [1.29, 1.82) is 0 Å². The minimum atomic E-state index is -1.05. The number of thiazole rings is 2. The number of benzene rings is 2. The van der Waals surface area contributed by atoms with Crippen molar-refractivity contribution in [3.05, 3.63) is 101 Å². The number of aliphatic hydroxyl groups excluding tert-OH is 1. The summed E-state index contributed by atoms with van der Waals surface area (Å²) >= 11 is 2.97. The maximum atomic E-state index is 14.3. The predicted octanol–water partition coefficient (Wildman–Crippen LogP) is 10.2. The topological polar surface area (TPSA) is 227 Å². The molecule has 2 aromatic carbocycles. The fourth-order valence-corrected chi connectivity index (χ4v) is 11.1. The molecule has 1 saturated heterocycles. The second-order valence-electron chi connectivity index (χ2n) is 20.5. The molecular formula is C56H67N9O8S2. The van der Waals surface area contributed by atoms with Crippen LogP contribution in [-0.2, 0) is 25.7 Å². The quantitative estimate of drug-likeness (QED) is 0.0450. The zero-order valence-corrected chi connectivity index (χ0v) is 44.9. The van der Waals surface area contributed by atoms with Gasteiger partial charge in [-0.05, 0) is 105 Å². The molecule has 1 aliphatic heterocycles. The van der Waals surface area contributed by atoms with E-state index in [1.54, 1.807) is 29.7 Å². The number of ether oxygens (including phenoxy) is 2. The molecule has 5 heterocycles. The third-order valence-corrected chi connectivity index (χ3v) is 15.5. The van der Waals surface area contributed by atoms with E-state index in [2.05, 4.69) is 41.2 Å². The highest BCUT2D eigenvalue weighted by atomic mass is 32.1. The average molecular weight is 1060 g/mol. The molecule has 4 aromatic heterocycles. The van der Waals surface area contributed by atoms with E-state index in [1.165, 1.54) is 28.9 Å². The summed E-state index contributed by atoms with van der Waals surface area (Å²) in [5.41, 5.74) is 7.76. The van der Waals surface area contributed by atoms with Gasteiger partial charge < -0.3 is 35.4 Å². The van der Waals surface area contributed by atoms with E-state index in [-0.39, 0.29) is 48.9 Å². The number of nitrogens with one attached hydrogen (secondary N) is 4. The van der Waals surface area contributed by atoms with Gasteiger partial charge in [0.15, 0.2) is 16.6 Å². The van der Waals surface area contributed by atoms with Gasteiger partial charge in [0.2, 0.25) is 17.7 Å². The number of carbonyl (C=O) groups excluding carboxylic acids is 5. The van der Waals surface area contributed by atoms with Crippen LogP contribution in [0.5, 0.6) is 5.75 Å². The lowest BCUT2D eigenvalue weighted by Crippen LogP contribution is -2.57. The zero-order valence-electron chi connectivity index (χ0n) is 43.3. The fourth-order valence-electron chi connectivity index (χ4n) is 9.39. The first-order valence-corrected chi connectivity index (χ1v) is 27.6. The van der Waals surface area contributed by atoms with E-state index in [4.69, 9.17) is 9.47 Å². The fraction of sp³-hybridized carbons (Fsp3) is 0.446. The van der Waals surface area contributed by atoms with E-state index in [0.717, 1.165) is 88.0 Å². The van der Waals surface area contributed by atoms with Crippen LogP contribution in [0.4, 0.5) is 15.6 Å². The molecule has 2 aliphatic rings. The number of pyridine rings is 2. The number of rotatable bonds is 20. The first-order chi connectivity index (χ1) is 36.1. The lowest BCUT2D eigenvalue weighted by Gasteiger charge is -2.35. The van der Waals surface area contributed by atoms with Crippen molar-refractivity contribution in [2.45, 2.75) is 143 Å². The van der Waals surface area contributed by atoms with Crippen molar-refractivity contribution in [2.75, 3.05) is 23.8 Å². The largest absolute Gasteiger partial charge is 0.491 e. The lowest BCUT2D eigenvalue weighted by molar-refractivity contribution is -0.142. The number of likely N-dealkylation sites (tertiary alicyclic amines) is 1. The molecule has 2 fully saturated rings. The number of hydrogen-bond donors (Lipinski definition) is 5. The molecule has 17 nitrogen and oxygen atoms in total. The molecular weight excluding hydrogens is 991 g/mol. The van der Waals surface area contributed by atoms with Gasteiger partial charge in [-0.25, -0.2) is 19.7 Å². The first-order valence-electron chi connectivity index (χ1n) is 25.9. The van der Waals surface area contributed by atoms with Gasteiger partial charge in [0.1, 0.15) is 18.2 Å². The Labute approximate surface area is 445 Å². The number of aliphatic hydroxyl groups is 1. The van der Waals surface area contributed by atoms with Crippen molar-refractivity contribution >= 4 is 73.4 Å². The molecule has 1 saturated carbocycles. The van der Waals surface area contributed by atoms with Gasteiger partial charge in [0, 0.05) is 43.9 Å². The number of carbonyl (C=O) groups is 5. The smallest absolute Gasteiger partial charge is 0.411 e. The van der Waals surface area contributed by atoms with Gasteiger partial charge in [0.05, 0.1) is 50.4 Å². The Hall–Kier alpha value is -6.83. The molecule has 0 spiro atoms. The summed E-state index contributed by atoms with van der Waals surface area (Å²) in [6.07, 6.45) is 11.4. The molecule has 19 heteroatoms. The van der Waals surface area contributed by atoms with Crippen molar-refractivity contribution < 1.29 is 38.6 Å². The summed E-state index contributed by atoms with van der Waals surface area (Å²) in [6.45, 7) is 9.82. The number of aromatic nitrogens is 4. The zero-order chi connectivity index (χ0) is 53.1. The Morgan fingerprint density at radius 3 is 2.37 bits per heavy atom. The molecule has 75 heavy (non-hydrogen) atoms. The number of nitrogens with zero attached hydrogens (tertiary/aromatic N) is 5. The standard InChI is InChI=1S/C56H67N9O8S2/c1-34-43(62-55(71)73-41-15-10-9-11-16-41)27-39(31-58-34)38-23-24-42-46(28-38)75-54(61-42)63-47(67)18-12-7-6-8-13-26-72-45-17-14-25-57-48(45)52(69)64-50(56(3,4)5)53(70)65-32-40(66)29-44(65)51(68)59-30-36-19-21-37(22-20-36)49-35(2)60-33-74-49/h14,17,19-25,27-28,31,33,40-41,44,50,66H,6-13,15-16,18,26,29-30,32H2,1-5H3,(H,59,68)(H,62,71)(H,64,69)(H,61,63,67)/t40-,44+,50-/m1/s1. The highest BCUT2D eigenvalue weighted by Gasteiger charge is 2.45. The van der Waals surface area contributed by atoms with Gasteiger partial charge in [-0.15, -0.1) is 11.3 Å². The van der Waals surface area contributed by atoms with Crippen molar-refractivity contribution in [3.8, 4) is 27.3 Å². The number of aryl methyl sites for hydroxylation is 2.